The minimum absolute atomic E-state index is 0.207. The van der Waals surface area contributed by atoms with Crippen molar-refractivity contribution >= 4 is 29.1 Å². The van der Waals surface area contributed by atoms with Gasteiger partial charge in [0, 0.05) is 11.2 Å². The van der Waals surface area contributed by atoms with E-state index in [9.17, 15) is 4.79 Å². The number of thioether (sulfide) groups is 1. The molecule has 3 nitrogen and oxygen atoms in total. The highest BCUT2D eigenvalue weighted by Gasteiger charge is 2.26. The predicted octanol–water partition coefficient (Wildman–Crippen LogP) is 3.00. The lowest BCUT2D eigenvalue weighted by atomic mass is 9.91. The molecule has 0 saturated carbocycles. The third-order valence-corrected chi connectivity index (χ3v) is 3.63. The van der Waals surface area contributed by atoms with Crippen molar-refractivity contribution in [1.29, 1.82) is 0 Å². The van der Waals surface area contributed by atoms with E-state index in [0.29, 0.717) is 10.6 Å². The number of carboxylic acids is 1. The molecular weight excluding hydrogens is 230 g/mol. The molecule has 1 aromatic heterocycles. The number of aromatic carboxylic acids is 1. The third-order valence-electron chi connectivity index (χ3n) is 1.84. The maximum absolute atomic E-state index is 11.0. The maximum Gasteiger partial charge on any atom is 0.347 e. The van der Waals surface area contributed by atoms with E-state index >= 15 is 0 Å². The average molecular weight is 245 g/mol. The van der Waals surface area contributed by atoms with Crippen molar-refractivity contribution in [3.63, 3.8) is 0 Å². The largest absolute Gasteiger partial charge is 0.477 e. The van der Waals surface area contributed by atoms with Gasteiger partial charge in [-0.3, -0.25) is 0 Å². The molecule has 0 spiro atoms. The lowest BCUT2D eigenvalue weighted by Crippen LogP contribution is -2.16. The highest BCUT2D eigenvalue weighted by molar-refractivity contribution is 7.97. The Balaban J connectivity index is 3.18. The fourth-order valence-corrected chi connectivity index (χ4v) is 3.01. The van der Waals surface area contributed by atoms with Crippen molar-refractivity contribution in [2.75, 3.05) is 6.26 Å². The van der Waals surface area contributed by atoms with Crippen molar-refractivity contribution in [1.82, 2.24) is 4.98 Å². The molecule has 0 atom stereocenters. The number of rotatable bonds is 3. The molecule has 1 rings (SSSR count). The van der Waals surface area contributed by atoms with Crippen LogP contribution in [0, 0.1) is 0 Å². The SMILES string of the molecule is CSCc1nc(C(C)(C)C)c(C(=O)O)s1. The summed E-state index contributed by atoms with van der Waals surface area (Å²) >= 11 is 2.94. The van der Waals surface area contributed by atoms with Crippen LogP contribution in [0.3, 0.4) is 0 Å². The highest BCUT2D eigenvalue weighted by Crippen LogP contribution is 2.30. The Morgan fingerprint density at radius 2 is 2.13 bits per heavy atom. The maximum atomic E-state index is 11.0. The number of aromatic nitrogens is 1. The lowest BCUT2D eigenvalue weighted by Gasteiger charge is -2.15. The van der Waals surface area contributed by atoms with E-state index in [1.165, 1.54) is 11.3 Å². The number of hydrogen-bond donors (Lipinski definition) is 1. The lowest BCUT2D eigenvalue weighted by molar-refractivity contribution is 0.0699. The molecule has 0 aromatic carbocycles. The van der Waals surface area contributed by atoms with Crippen LogP contribution < -0.4 is 0 Å². The molecule has 0 unspecified atom stereocenters. The molecule has 1 heterocycles. The van der Waals surface area contributed by atoms with Gasteiger partial charge >= 0.3 is 5.97 Å². The topological polar surface area (TPSA) is 50.2 Å². The number of carbonyl (C=O) groups is 1. The summed E-state index contributed by atoms with van der Waals surface area (Å²) in [6.45, 7) is 5.95. The predicted molar refractivity (Wildman–Crippen MR) is 65.0 cm³/mol. The Morgan fingerprint density at radius 1 is 1.53 bits per heavy atom. The standard InChI is InChI=1S/C10H15NO2S2/c1-10(2,3)8-7(9(12)13)15-6(11-8)5-14-4/h5H2,1-4H3,(H,12,13). The molecule has 0 aliphatic rings. The summed E-state index contributed by atoms with van der Waals surface area (Å²) in [5.74, 6) is -0.0918. The van der Waals surface area contributed by atoms with Gasteiger partial charge in [-0.2, -0.15) is 11.8 Å². The van der Waals surface area contributed by atoms with E-state index in [2.05, 4.69) is 4.98 Å². The smallest absolute Gasteiger partial charge is 0.347 e. The van der Waals surface area contributed by atoms with Gasteiger partial charge in [0.2, 0.25) is 0 Å². The summed E-state index contributed by atoms with van der Waals surface area (Å²) < 4.78 is 0. The fraction of sp³-hybridized carbons (Fsp3) is 0.600. The van der Waals surface area contributed by atoms with Crippen LogP contribution in [0.25, 0.3) is 0 Å². The number of nitrogens with zero attached hydrogens (tertiary/aromatic N) is 1. The van der Waals surface area contributed by atoms with E-state index in [1.807, 2.05) is 27.0 Å². The van der Waals surface area contributed by atoms with Gasteiger partial charge in [-0.05, 0) is 6.26 Å². The number of thiazole rings is 1. The second kappa shape index (κ2) is 4.53. The van der Waals surface area contributed by atoms with Gasteiger partial charge in [-0.25, -0.2) is 9.78 Å². The van der Waals surface area contributed by atoms with Gasteiger partial charge in [0.05, 0.1) is 5.69 Å². The summed E-state index contributed by atoms with van der Waals surface area (Å²) in [5.41, 5.74) is 0.491. The van der Waals surface area contributed by atoms with E-state index in [1.54, 1.807) is 11.8 Å². The monoisotopic (exact) mass is 245 g/mol. The first kappa shape index (κ1) is 12.5. The average Bonchev–Trinajstić information content (AvgIpc) is 2.48. The summed E-state index contributed by atoms with van der Waals surface area (Å²) in [4.78, 5) is 15.8. The zero-order valence-electron chi connectivity index (χ0n) is 9.33. The Hall–Kier alpha value is -0.550. The summed E-state index contributed by atoms with van der Waals surface area (Å²) in [7, 11) is 0. The van der Waals surface area contributed by atoms with Crippen LogP contribution >= 0.6 is 23.1 Å². The molecule has 0 bridgehead atoms. The zero-order valence-corrected chi connectivity index (χ0v) is 11.0. The minimum atomic E-state index is -0.871. The van der Waals surface area contributed by atoms with Crippen molar-refractivity contribution < 1.29 is 9.90 Å². The Bertz CT molecular complexity index is 366. The summed E-state index contributed by atoms with van der Waals surface area (Å²) in [6, 6.07) is 0. The van der Waals surface area contributed by atoms with Crippen LogP contribution in [0.2, 0.25) is 0 Å². The Morgan fingerprint density at radius 3 is 2.47 bits per heavy atom. The van der Waals surface area contributed by atoms with E-state index < -0.39 is 5.97 Å². The first-order valence-corrected chi connectivity index (χ1v) is 6.79. The van der Waals surface area contributed by atoms with E-state index in [4.69, 9.17) is 5.11 Å². The zero-order chi connectivity index (χ0) is 11.6. The molecule has 0 saturated heterocycles. The molecule has 0 amide bonds. The second-order valence-corrected chi connectivity index (χ2v) is 6.22. The van der Waals surface area contributed by atoms with Crippen LogP contribution in [0.4, 0.5) is 0 Å². The van der Waals surface area contributed by atoms with Crippen LogP contribution in [0.15, 0.2) is 0 Å². The molecular formula is C10H15NO2S2. The molecule has 84 valence electrons. The Kier molecular flexibility index (Phi) is 3.78. The van der Waals surface area contributed by atoms with Gasteiger partial charge in [-0.1, -0.05) is 20.8 Å². The van der Waals surface area contributed by atoms with E-state index in [-0.39, 0.29) is 5.41 Å². The van der Waals surface area contributed by atoms with Crippen molar-refractivity contribution in [2.24, 2.45) is 0 Å². The van der Waals surface area contributed by atoms with Gasteiger partial charge in [0.15, 0.2) is 0 Å². The molecule has 0 fully saturated rings. The minimum Gasteiger partial charge on any atom is -0.477 e. The molecule has 1 N–H and O–H groups in total. The summed E-state index contributed by atoms with van der Waals surface area (Å²) in [6.07, 6.45) is 1.98. The van der Waals surface area contributed by atoms with Crippen LogP contribution in [-0.2, 0) is 11.2 Å². The summed E-state index contributed by atoms with van der Waals surface area (Å²) in [5, 5.41) is 9.97. The molecule has 0 radical (unpaired) electrons. The molecule has 1 aromatic rings. The first-order chi connectivity index (χ1) is 6.86. The molecule has 0 aliphatic heterocycles. The van der Waals surface area contributed by atoms with Gasteiger partial charge in [0.25, 0.3) is 0 Å². The number of hydrogen-bond acceptors (Lipinski definition) is 4. The quantitative estimate of drug-likeness (QED) is 0.889. The van der Waals surface area contributed by atoms with Gasteiger partial charge in [0.1, 0.15) is 9.88 Å². The van der Waals surface area contributed by atoms with Crippen LogP contribution in [0.1, 0.15) is 41.1 Å². The van der Waals surface area contributed by atoms with Crippen LogP contribution in [-0.4, -0.2) is 22.3 Å². The van der Waals surface area contributed by atoms with Crippen molar-refractivity contribution in [3.8, 4) is 0 Å². The van der Waals surface area contributed by atoms with Crippen molar-refractivity contribution in [2.45, 2.75) is 31.9 Å². The molecule has 0 aliphatic carbocycles. The molecule has 15 heavy (non-hydrogen) atoms. The van der Waals surface area contributed by atoms with Gasteiger partial charge in [-0.15, -0.1) is 11.3 Å². The molecule has 5 heteroatoms. The fourth-order valence-electron chi connectivity index (χ4n) is 1.20. The second-order valence-electron chi connectivity index (χ2n) is 4.27. The normalized spacial score (nSPS) is 11.7. The van der Waals surface area contributed by atoms with E-state index in [0.717, 1.165) is 10.8 Å². The first-order valence-electron chi connectivity index (χ1n) is 4.58. The third kappa shape index (κ3) is 2.95. The van der Waals surface area contributed by atoms with Crippen LogP contribution in [0.5, 0.6) is 0 Å². The number of carboxylic acid groups (broad SMARTS) is 1. The van der Waals surface area contributed by atoms with Crippen molar-refractivity contribution in [3.05, 3.63) is 15.6 Å². The Labute approximate surface area is 97.9 Å². The van der Waals surface area contributed by atoms with Gasteiger partial charge < -0.3 is 5.11 Å². The highest BCUT2D eigenvalue weighted by atomic mass is 32.2.